The highest BCUT2D eigenvalue weighted by molar-refractivity contribution is 7.89. The fourth-order valence-corrected chi connectivity index (χ4v) is 3.71. The highest BCUT2D eigenvalue weighted by Crippen LogP contribution is 2.19. The van der Waals surface area contributed by atoms with Crippen LogP contribution in [0.15, 0.2) is 29.2 Å². The Morgan fingerprint density at radius 3 is 2.72 bits per heavy atom. The van der Waals surface area contributed by atoms with Crippen LogP contribution in [-0.4, -0.2) is 27.0 Å². The highest BCUT2D eigenvalue weighted by Gasteiger charge is 2.29. The maximum Gasteiger partial charge on any atom is 0.240 e. The van der Waals surface area contributed by atoms with Crippen molar-refractivity contribution in [2.75, 3.05) is 13.1 Å². The molecule has 1 fully saturated rings. The van der Waals surface area contributed by atoms with Crippen LogP contribution >= 0.6 is 0 Å². The molecule has 1 unspecified atom stereocenters. The van der Waals surface area contributed by atoms with E-state index in [1.807, 2.05) is 19.1 Å². The Morgan fingerprint density at radius 1 is 1.39 bits per heavy atom. The molecular formula is C13H20N2O2S. The summed E-state index contributed by atoms with van der Waals surface area (Å²) in [6.07, 6.45) is 2.10. The molecule has 0 spiro atoms. The van der Waals surface area contributed by atoms with Crippen molar-refractivity contribution in [2.45, 2.75) is 37.1 Å². The van der Waals surface area contributed by atoms with Gasteiger partial charge in [0.1, 0.15) is 0 Å². The van der Waals surface area contributed by atoms with E-state index < -0.39 is 10.0 Å². The van der Waals surface area contributed by atoms with Gasteiger partial charge < -0.3 is 5.32 Å². The molecule has 5 heteroatoms. The lowest BCUT2D eigenvalue weighted by Gasteiger charge is -2.24. The summed E-state index contributed by atoms with van der Waals surface area (Å²) in [5.41, 5.74) is 0.657. The summed E-state index contributed by atoms with van der Waals surface area (Å²) in [6, 6.07) is 7.04. The van der Waals surface area contributed by atoms with Crippen LogP contribution in [0.1, 0.15) is 25.3 Å². The Bertz CT molecular complexity index is 520. The minimum absolute atomic E-state index is 0.115. The topological polar surface area (TPSA) is 58.2 Å². The Hall–Kier alpha value is -0.910. The van der Waals surface area contributed by atoms with Crippen molar-refractivity contribution in [1.82, 2.24) is 10.0 Å². The molecule has 1 atom stereocenters. The summed E-state index contributed by atoms with van der Waals surface area (Å²) in [6.45, 7) is 5.26. The average Bonchev–Trinajstić information content (AvgIpc) is 2.75. The van der Waals surface area contributed by atoms with Gasteiger partial charge in [-0.3, -0.25) is 0 Å². The third-order valence-electron chi connectivity index (χ3n) is 3.49. The Kier molecular flexibility index (Phi) is 3.75. The van der Waals surface area contributed by atoms with Gasteiger partial charge in [-0.2, -0.15) is 0 Å². The summed E-state index contributed by atoms with van der Waals surface area (Å²) in [5, 5.41) is 3.34. The molecular weight excluding hydrogens is 248 g/mol. The Morgan fingerprint density at radius 2 is 2.11 bits per heavy atom. The summed E-state index contributed by atoms with van der Waals surface area (Å²) < 4.78 is 27.1. The van der Waals surface area contributed by atoms with Gasteiger partial charge in [0.2, 0.25) is 10.0 Å². The third-order valence-corrected chi connectivity index (χ3v) is 5.05. The Balaban J connectivity index is 2.11. The minimum atomic E-state index is -3.41. The molecule has 0 saturated carbocycles. The molecule has 0 bridgehead atoms. The second-order valence-electron chi connectivity index (χ2n) is 5.18. The van der Waals surface area contributed by atoms with Gasteiger partial charge in [0.05, 0.1) is 4.90 Å². The van der Waals surface area contributed by atoms with Crippen LogP contribution in [0.2, 0.25) is 0 Å². The summed E-state index contributed by atoms with van der Waals surface area (Å²) in [7, 11) is -3.41. The first-order chi connectivity index (χ1) is 8.43. The molecule has 0 aromatic heterocycles. The van der Waals surface area contributed by atoms with Crippen molar-refractivity contribution in [2.24, 2.45) is 0 Å². The maximum atomic E-state index is 12.2. The van der Waals surface area contributed by atoms with Gasteiger partial charge in [0.15, 0.2) is 0 Å². The van der Waals surface area contributed by atoms with Gasteiger partial charge in [0.25, 0.3) is 0 Å². The SMILES string of the molecule is Cc1ccccc1S(=O)(=O)NCC1(C)CCCN1. The molecule has 1 saturated heterocycles. The summed E-state index contributed by atoms with van der Waals surface area (Å²) in [5.74, 6) is 0. The van der Waals surface area contributed by atoms with Crippen LogP contribution in [0.25, 0.3) is 0 Å². The van der Waals surface area contributed by atoms with E-state index in [9.17, 15) is 8.42 Å². The van der Waals surface area contributed by atoms with Gasteiger partial charge in [-0.1, -0.05) is 18.2 Å². The van der Waals surface area contributed by atoms with E-state index in [2.05, 4.69) is 17.0 Å². The van der Waals surface area contributed by atoms with E-state index in [0.717, 1.165) is 24.9 Å². The molecule has 1 aliphatic rings. The van der Waals surface area contributed by atoms with Gasteiger partial charge in [-0.15, -0.1) is 0 Å². The van der Waals surface area contributed by atoms with Crippen LogP contribution < -0.4 is 10.0 Å². The average molecular weight is 268 g/mol. The fourth-order valence-electron chi connectivity index (χ4n) is 2.30. The number of sulfonamides is 1. The summed E-state index contributed by atoms with van der Waals surface area (Å²) in [4.78, 5) is 0.367. The zero-order valence-corrected chi connectivity index (χ0v) is 11.7. The van der Waals surface area contributed by atoms with Crippen molar-refractivity contribution >= 4 is 10.0 Å². The number of nitrogens with one attached hydrogen (secondary N) is 2. The largest absolute Gasteiger partial charge is 0.310 e. The van der Waals surface area contributed by atoms with E-state index in [1.165, 1.54) is 0 Å². The Labute approximate surface area is 109 Å². The van der Waals surface area contributed by atoms with E-state index in [1.54, 1.807) is 12.1 Å². The van der Waals surface area contributed by atoms with Crippen LogP contribution in [0, 0.1) is 6.92 Å². The maximum absolute atomic E-state index is 12.2. The monoisotopic (exact) mass is 268 g/mol. The first-order valence-electron chi connectivity index (χ1n) is 6.23. The first kappa shape index (κ1) is 13.5. The van der Waals surface area contributed by atoms with Gasteiger partial charge in [-0.05, 0) is 44.9 Å². The quantitative estimate of drug-likeness (QED) is 0.868. The predicted molar refractivity (Wildman–Crippen MR) is 72.0 cm³/mol. The van der Waals surface area contributed by atoms with Crippen molar-refractivity contribution in [3.05, 3.63) is 29.8 Å². The summed E-state index contributed by atoms with van der Waals surface area (Å²) >= 11 is 0. The zero-order chi connectivity index (χ0) is 13.2. The van der Waals surface area contributed by atoms with E-state index in [0.29, 0.717) is 11.4 Å². The fraction of sp³-hybridized carbons (Fsp3) is 0.538. The molecule has 4 nitrogen and oxygen atoms in total. The molecule has 0 radical (unpaired) electrons. The molecule has 1 aliphatic heterocycles. The molecule has 1 heterocycles. The van der Waals surface area contributed by atoms with Crippen molar-refractivity contribution in [1.29, 1.82) is 0 Å². The van der Waals surface area contributed by atoms with E-state index in [-0.39, 0.29) is 5.54 Å². The van der Waals surface area contributed by atoms with Gasteiger partial charge in [-0.25, -0.2) is 13.1 Å². The lowest BCUT2D eigenvalue weighted by Crippen LogP contribution is -2.47. The standard InChI is InChI=1S/C13H20N2O2S/c1-11-6-3-4-7-12(11)18(16,17)15-10-13(2)8-5-9-14-13/h3-4,6-7,14-15H,5,8-10H2,1-2H3. The second-order valence-corrected chi connectivity index (χ2v) is 6.92. The molecule has 18 heavy (non-hydrogen) atoms. The molecule has 2 rings (SSSR count). The number of benzene rings is 1. The number of hydrogen-bond donors (Lipinski definition) is 2. The van der Waals surface area contributed by atoms with E-state index in [4.69, 9.17) is 0 Å². The molecule has 0 amide bonds. The van der Waals surface area contributed by atoms with Crippen LogP contribution in [0.5, 0.6) is 0 Å². The van der Waals surface area contributed by atoms with Gasteiger partial charge in [0, 0.05) is 12.1 Å². The van der Waals surface area contributed by atoms with Crippen LogP contribution in [-0.2, 0) is 10.0 Å². The predicted octanol–water partition coefficient (Wildman–Crippen LogP) is 1.42. The van der Waals surface area contributed by atoms with Gasteiger partial charge >= 0.3 is 0 Å². The molecule has 0 aliphatic carbocycles. The second kappa shape index (κ2) is 4.99. The number of rotatable bonds is 4. The van der Waals surface area contributed by atoms with Crippen LogP contribution in [0.3, 0.4) is 0 Å². The number of aryl methyl sites for hydroxylation is 1. The first-order valence-corrected chi connectivity index (χ1v) is 7.72. The highest BCUT2D eigenvalue weighted by atomic mass is 32.2. The van der Waals surface area contributed by atoms with Crippen molar-refractivity contribution < 1.29 is 8.42 Å². The minimum Gasteiger partial charge on any atom is -0.310 e. The third kappa shape index (κ3) is 2.91. The molecule has 1 aromatic rings. The van der Waals surface area contributed by atoms with Crippen LogP contribution in [0.4, 0.5) is 0 Å². The smallest absolute Gasteiger partial charge is 0.240 e. The molecule has 100 valence electrons. The zero-order valence-electron chi connectivity index (χ0n) is 10.9. The number of hydrogen-bond acceptors (Lipinski definition) is 3. The lowest BCUT2D eigenvalue weighted by atomic mass is 10.0. The molecule has 2 N–H and O–H groups in total. The normalized spacial score (nSPS) is 24.3. The lowest BCUT2D eigenvalue weighted by molar-refractivity contribution is 0.409. The molecule has 1 aromatic carbocycles. The van der Waals surface area contributed by atoms with Crippen molar-refractivity contribution in [3.63, 3.8) is 0 Å². The van der Waals surface area contributed by atoms with Crippen molar-refractivity contribution in [3.8, 4) is 0 Å². The van der Waals surface area contributed by atoms with E-state index >= 15 is 0 Å².